The maximum absolute atomic E-state index is 10.3. The van der Waals surface area contributed by atoms with E-state index in [2.05, 4.69) is 0 Å². The van der Waals surface area contributed by atoms with Gasteiger partial charge in [0, 0.05) is 0 Å². The van der Waals surface area contributed by atoms with Crippen LogP contribution in [0.15, 0.2) is 24.3 Å². The number of hydrogen-bond donors (Lipinski definition) is 2. The summed E-state index contributed by atoms with van der Waals surface area (Å²) in [5, 5.41) is 16.9. The SMILES string of the molecule is Cl.Cl.O=C(O)c1ccc(C(=O)O)cc1. The fourth-order valence-electron chi connectivity index (χ4n) is 0.755. The van der Waals surface area contributed by atoms with Gasteiger partial charge in [0.25, 0.3) is 0 Å². The Morgan fingerprint density at radius 1 is 0.786 bits per heavy atom. The van der Waals surface area contributed by atoms with E-state index >= 15 is 0 Å². The van der Waals surface area contributed by atoms with Crippen LogP contribution in [0.3, 0.4) is 0 Å². The zero-order valence-corrected chi connectivity index (χ0v) is 8.47. The highest BCUT2D eigenvalue weighted by molar-refractivity contribution is 5.91. The molecule has 0 aliphatic rings. The molecule has 6 heteroatoms. The summed E-state index contributed by atoms with van der Waals surface area (Å²) < 4.78 is 0. The molecule has 0 fully saturated rings. The van der Waals surface area contributed by atoms with Gasteiger partial charge in [0.1, 0.15) is 0 Å². The van der Waals surface area contributed by atoms with Crippen molar-refractivity contribution in [3.63, 3.8) is 0 Å². The van der Waals surface area contributed by atoms with Crippen LogP contribution in [-0.2, 0) is 0 Å². The monoisotopic (exact) mass is 238 g/mol. The van der Waals surface area contributed by atoms with Gasteiger partial charge in [-0.1, -0.05) is 0 Å². The molecule has 0 saturated carbocycles. The molecule has 0 amide bonds. The van der Waals surface area contributed by atoms with Crippen LogP contribution in [0, 0.1) is 0 Å². The van der Waals surface area contributed by atoms with Crippen LogP contribution in [-0.4, -0.2) is 22.2 Å². The lowest BCUT2D eigenvalue weighted by Crippen LogP contribution is -1.99. The van der Waals surface area contributed by atoms with Crippen LogP contribution in [0.4, 0.5) is 0 Å². The molecule has 0 aromatic heterocycles. The summed E-state index contributed by atoms with van der Waals surface area (Å²) in [6.45, 7) is 0. The Bertz CT molecular complexity index is 288. The van der Waals surface area contributed by atoms with Gasteiger partial charge in [-0.25, -0.2) is 9.59 Å². The van der Waals surface area contributed by atoms with Crippen molar-refractivity contribution in [1.82, 2.24) is 0 Å². The van der Waals surface area contributed by atoms with E-state index in [0.29, 0.717) is 0 Å². The maximum atomic E-state index is 10.3. The lowest BCUT2D eigenvalue weighted by Gasteiger charge is -1.94. The number of rotatable bonds is 2. The molecule has 1 rings (SSSR count). The van der Waals surface area contributed by atoms with Gasteiger partial charge < -0.3 is 10.2 Å². The minimum absolute atomic E-state index is 0. The third-order valence-electron chi connectivity index (χ3n) is 1.38. The van der Waals surface area contributed by atoms with Gasteiger partial charge in [-0.15, -0.1) is 24.8 Å². The zero-order valence-electron chi connectivity index (χ0n) is 6.84. The summed E-state index contributed by atoms with van der Waals surface area (Å²) in [6.07, 6.45) is 0. The summed E-state index contributed by atoms with van der Waals surface area (Å²) >= 11 is 0. The van der Waals surface area contributed by atoms with E-state index in [1.54, 1.807) is 0 Å². The molecule has 0 unspecified atom stereocenters. The average Bonchev–Trinajstić information content (AvgIpc) is 2.04. The molecule has 0 aliphatic heterocycles. The summed E-state index contributed by atoms with van der Waals surface area (Å²) in [6, 6.07) is 5.02. The van der Waals surface area contributed by atoms with E-state index in [4.69, 9.17) is 10.2 Å². The van der Waals surface area contributed by atoms with E-state index in [9.17, 15) is 9.59 Å². The van der Waals surface area contributed by atoms with Gasteiger partial charge in [0.05, 0.1) is 11.1 Å². The molecule has 0 aliphatic carbocycles. The molecular weight excluding hydrogens is 231 g/mol. The largest absolute Gasteiger partial charge is 0.478 e. The smallest absolute Gasteiger partial charge is 0.335 e. The molecule has 0 bridgehead atoms. The topological polar surface area (TPSA) is 74.6 Å². The molecule has 0 atom stereocenters. The first-order chi connectivity index (χ1) is 5.61. The van der Waals surface area contributed by atoms with Crippen molar-refractivity contribution in [2.45, 2.75) is 0 Å². The first kappa shape index (κ1) is 15.2. The van der Waals surface area contributed by atoms with Crippen molar-refractivity contribution in [1.29, 1.82) is 0 Å². The first-order valence-electron chi connectivity index (χ1n) is 3.18. The molecule has 1 aromatic carbocycles. The highest BCUT2D eigenvalue weighted by Crippen LogP contribution is 2.03. The Morgan fingerprint density at radius 3 is 1.14 bits per heavy atom. The van der Waals surface area contributed by atoms with Crippen LogP contribution >= 0.6 is 24.8 Å². The summed E-state index contributed by atoms with van der Waals surface area (Å²) in [5.74, 6) is -2.13. The van der Waals surface area contributed by atoms with Gasteiger partial charge in [0.2, 0.25) is 0 Å². The number of carbonyl (C=O) groups is 2. The number of hydrogen-bond acceptors (Lipinski definition) is 2. The fourth-order valence-corrected chi connectivity index (χ4v) is 0.755. The second-order valence-corrected chi connectivity index (χ2v) is 2.19. The Labute approximate surface area is 92.4 Å². The standard InChI is InChI=1S/C8H6O4.2ClH/c9-7(10)5-1-2-6(4-3-5)8(11)12;;/h1-4H,(H,9,10)(H,11,12);2*1H. The fraction of sp³-hybridized carbons (Fsp3) is 0. The maximum Gasteiger partial charge on any atom is 0.335 e. The lowest BCUT2D eigenvalue weighted by atomic mass is 10.1. The van der Waals surface area contributed by atoms with Crippen LogP contribution in [0.2, 0.25) is 0 Å². The number of carboxylic acids is 2. The predicted molar refractivity (Wildman–Crippen MR) is 54.9 cm³/mol. The predicted octanol–water partition coefficient (Wildman–Crippen LogP) is 1.93. The lowest BCUT2D eigenvalue weighted by molar-refractivity contribution is 0.0681. The molecule has 0 heterocycles. The third kappa shape index (κ3) is 3.64. The molecule has 0 saturated heterocycles. The Balaban J connectivity index is 0. The quantitative estimate of drug-likeness (QED) is 0.826. The van der Waals surface area contributed by atoms with E-state index in [1.807, 2.05) is 0 Å². The third-order valence-corrected chi connectivity index (χ3v) is 1.38. The van der Waals surface area contributed by atoms with Crippen molar-refractivity contribution in [3.8, 4) is 0 Å². The molecule has 0 spiro atoms. The van der Waals surface area contributed by atoms with Gasteiger partial charge in [-0.3, -0.25) is 0 Å². The molecule has 14 heavy (non-hydrogen) atoms. The molecule has 2 N–H and O–H groups in total. The molecule has 1 aromatic rings. The highest BCUT2D eigenvalue weighted by Gasteiger charge is 2.04. The number of aromatic carboxylic acids is 2. The van der Waals surface area contributed by atoms with Gasteiger partial charge >= 0.3 is 11.9 Å². The summed E-state index contributed by atoms with van der Waals surface area (Å²) in [5.41, 5.74) is 0.167. The number of benzene rings is 1. The van der Waals surface area contributed by atoms with E-state index in [0.717, 1.165) is 0 Å². The molecule has 78 valence electrons. The van der Waals surface area contributed by atoms with Crippen molar-refractivity contribution in [2.75, 3.05) is 0 Å². The van der Waals surface area contributed by atoms with Gasteiger partial charge in [-0.05, 0) is 24.3 Å². The minimum atomic E-state index is -1.06. The highest BCUT2D eigenvalue weighted by atomic mass is 35.5. The number of carboxylic acid groups (broad SMARTS) is 2. The van der Waals surface area contributed by atoms with Crippen molar-refractivity contribution >= 4 is 36.8 Å². The Hall–Kier alpha value is -1.26. The van der Waals surface area contributed by atoms with Crippen molar-refractivity contribution in [2.24, 2.45) is 0 Å². The van der Waals surface area contributed by atoms with E-state index in [1.165, 1.54) is 24.3 Å². The Morgan fingerprint density at radius 2 is 1.00 bits per heavy atom. The van der Waals surface area contributed by atoms with Crippen molar-refractivity contribution < 1.29 is 19.8 Å². The van der Waals surface area contributed by atoms with Crippen LogP contribution in [0.1, 0.15) is 20.7 Å². The molecular formula is C8H8Cl2O4. The second kappa shape index (κ2) is 6.23. The van der Waals surface area contributed by atoms with E-state index in [-0.39, 0.29) is 35.9 Å². The summed E-state index contributed by atoms with van der Waals surface area (Å²) in [4.78, 5) is 20.7. The van der Waals surface area contributed by atoms with E-state index < -0.39 is 11.9 Å². The van der Waals surface area contributed by atoms with Crippen molar-refractivity contribution in [3.05, 3.63) is 35.4 Å². The summed E-state index contributed by atoms with van der Waals surface area (Å²) in [7, 11) is 0. The Kier molecular flexibility index (Phi) is 6.78. The van der Waals surface area contributed by atoms with Crippen LogP contribution in [0.5, 0.6) is 0 Å². The van der Waals surface area contributed by atoms with Gasteiger partial charge in [0.15, 0.2) is 0 Å². The first-order valence-corrected chi connectivity index (χ1v) is 3.18. The zero-order chi connectivity index (χ0) is 9.14. The molecule has 4 nitrogen and oxygen atoms in total. The second-order valence-electron chi connectivity index (χ2n) is 2.19. The van der Waals surface area contributed by atoms with Crippen LogP contribution < -0.4 is 0 Å². The minimum Gasteiger partial charge on any atom is -0.478 e. The van der Waals surface area contributed by atoms with Crippen LogP contribution in [0.25, 0.3) is 0 Å². The van der Waals surface area contributed by atoms with Gasteiger partial charge in [-0.2, -0.15) is 0 Å². The average molecular weight is 239 g/mol. The normalized spacial score (nSPS) is 8.00. The number of halogens is 2. The molecule has 0 radical (unpaired) electrons.